The zero-order valence-electron chi connectivity index (χ0n) is 13.2. The van der Waals surface area contributed by atoms with E-state index >= 15 is 0 Å². The van der Waals surface area contributed by atoms with Crippen LogP contribution in [0, 0.1) is 11.2 Å². The minimum absolute atomic E-state index is 0.0374. The summed E-state index contributed by atoms with van der Waals surface area (Å²) in [6.45, 7) is 0.405. The minimum atomic E-state index is -0.490. The normalized spacial score (nSPS) is 23.3. The Bertz CT molecular complexity index is 676. The van der Waals surface area contributed by atoms with Gasteiger partial charge in [-0.1, -0.05) is 18.6 Å². The van der Waals surface area contributed by atoms with Crippen LogP contribution in [0.1, 0.15) is 24.8 Å². The molecular formula is C16H20FN5O2. The van der Waals surface area contributed by atoms with Crippen molar-refractivity contribution < 1.29 is 14.3 Å². The van der Waals surface area contributed by atoms with Crippen molar-refractivity contribution in [1.82, 2.24) is 25.5 Å². The van der Waals surface area contributed by atoms with Gasteiger partial charge in [0.25, 0.3) is 0 Å². The molecule has 1 aliphatic carbocycles. The maximum Gasteiger partial charge on any atom is 0.241 e. The van der Waals surface area contributed by atoms with Gasteiger partial charge in [0.2, 0.25) is 5.91 Å². The maximum absolute atomic E-state index is 13.1. The van der Waals surface area contributed by atoms with E-state index in [0.29, 0.717) is 19.4 Å². The lowest BCUT2D eigenvalue weighted by Gasteiger charge is -2.33. The lowest BCUT2D eigenvalue weighted by molar-refractivity contribution is -0.122. The largest absolute Gasteiger partial charge is 0.392 e. The highest BCUT2D eigenvalue weighted by atomic mass is 19.1. The molecule has 0 spiro atoms. The lowest BCUT2D eigenvalue weighted by atomic mass is 9.78. The van der Waals surface area contributed by atoms with Gasteiger partial charge < -0.3 is 10.4 Å². The fraction of sp³-hybridized carbons (Fsp3) is 0.500. The number of carbonyl (C=O) groups is 1. The summed E-state index contributed by atoms with van der Waals surface area (Å²) >= 11 is 0. The van der Waals surface area contributed by atoms with Gasteiger partial charge in [0.15, 0.2) is 0 Å². The molecule has 0 aliphatic heterocycles. The smallest absolute Gasteiger partial charge is 0.241 e. The molecule has 2 atom stereocenters. The Balaban J connectivity index is 1.65. The molecule has 0 saturated heterocycles. The summed E-state index contributed by atoms with van der Waals surface area (Å²) in [5.74, 6) is -0.491. The number of nitrogens with zero attached hydrogens (tertiary/aromatic N) is 4. The molecule has 1 saturated carbocycles. The molecular weight excluding hydrogens is 313 g/mol. The first-order valence-corrected chi connectivity index (χ1v) is 7.97. The number of aliphatic hydroxyl groups excluding tert-OH is 1. The van der Waals surface area contributed by atoms with E-state index in [1.165, 1.54) is 23.1 Å². The second kappa shape index (κ2) is 7.04. The van der Waals surface area contributed by atoms with E-state index in [1.54, 1.807) is 12.1 Å². The Hall–Kier alpha value is -2.35. The number of nitrogens with one attached hydrogen (secondary N) is 1. The van der Waals surface area contributed by atoms with Crippen LogP contribution in [0.25, 0.3) is 0 Å². The van der Waals surface area contributed by atoms with Crippen molar-refractivity contribution in [2.45, 2.75) is 38.3 Å². The third-order valence-corrected chi connectivity index (χ3v) is 4.66. The van der Waals surface area contributed by atoms with Crippen LogP contribution in [-0.2, 0) is 17.8 Å². The van der Waals surface area contributed by atoms with E-state index in [-0.39, 0.29) is 18.3 Å². The molecule has 3 rings (SSSR count). The van der Waals surface area contributed by atoms with E-state index in [0.717, 1.165) is 18.4 Å². The Morgan fingerprint density at radius 2 is 2.21 bits per heavy atom. The second-order valence-corrected chi connectivity index (χ2v) is 6.36. The van der Waals surface area contributed by atoms with Crippen molar-refractivity contribution in [2.24, 2.45) is 5.41 Å². The zero-order valence-corrected chi connectivity index (χ0v) is 13.2. The van der Waals surface area contributed by atoms with Gasteiger partial charge in [-0.25, -0.2) is 9.07 Å². The number of amides is 1. The summed E-state index contributed by atoms with van der Waals surface area (Å²) < 4.78 is 14.4. The molecule has 1 aliphatic rings. The van der Waals surface area contributed by atoms with Gasteiger partial charge >= 0.3 is 0 Å². The molecule has 2 N–H and O–H groups in total. The molecule has 24 heavy (non-hydrogen) atoms. The average Bonchev–Trinajstić information content (AvgIpc) is 3.19. The number of carbonyl (C=O) groups excluding carboxylic acids is 1. The third-order valence-electron chi connectivity index (χ3n) is 4.66. The van der Waals surface area contributed by atoms with Crippen LogP contribution in [0.15, 0.2) is 30.6 Å². The van der Waals surface area contributed by atoms with E-state index in [4.69, 9.17) is 0 Å². The summed E-state index contributed by atoms with van der Waals surface area (Å²) in [7, 11) is 0. The van der Waals surface area contributed by atoms with Crippen molar-refractivity contribution in [3.8, 4) is 0 Å². The Kier molecular flexibility index (Phi) is 4.84. The fourth-order valence-corrected chi connectivity index (χ4v) is 3.33. The van der Waals surface area contributed by atoms with Gasteiger partial charge in [-0.15, -0.1) is 5.10 Å². The summed E-state index contributed by atoms with van der Waals surface area (Å²) in [6.07, 6.45) is 3.92. The summed E-state index contributed by atoms with van der Waals surface area (Å²) in [4.78, 5) is 12.1. The van der Waals surface area contributed by atoms with Crippen molar-refractivity contribution in [1.29, 1.82) is 0 Å². The van der Waals surface area contributed by atoms with Crippen molar-refractivity contribution in [3.63, 3.8) is 0 Å². The number of aliphatic hydroxyl groups is 1. The quantitative estimate of drug-likeness (QED) is 0.812. The molecule has 2 aromatic rings. The third kappa shape index (κ3) is 3.76. The highest BCUT2D eigenvalue weighted by molar-refractivity contribution is 5.75. The van der Waals surface area contributed by atoms with Crippen LogP contribution < -0.4 is 5.32 Å². The first-order chi connectivity index (χ1) is 11.6. The molecule has 1 amide bonds. The van der Waals surface area contributed by atoms with E-state index in [2.05, 4.69) is 20.8 Å². The lowest BCUT2D eigenvalue weighted by Crippen LogP contribution is -2.44. The number of hydrogen-bond donors (Lipinski definition) is 2. The molecule has 1 heterocycles. The Morgan fingerprint density at radius 1 is 1.42 bits per heavy atom. The second-order valence-electron chi connectivity index (χ2n) is 6.36. The van der Waals surface area contributed by atoms with Gasteiger partial charge in [-0.3, -0.25) is 4.79 Å². The number of rotatable bonds is 6. The molecule has 1 aromatic heterocycles. The van der Waals surface area contributed by atoms with Crippen LogP contribution in [-0.4, -0.2) is 43.9 Å². The molecule has 128 valence electrons. The van der Waals surface area contributed by atoms with E-state index < -0.39 is 11.5 Å². The van der Waals surface area contributed by atoms with Gasteiger partial charge in [0, 0.05) is 12.0 Å². The number of hydrogen-bond acceptors (Lipinski definition) is 5. The molecule has 8 heteroatoms. The predicted octanol–water partition coefficient (Wildman–Crippen LogP) is 0.702. The topological polar surface area (TPSA) is 92.9 Å². The minimum Gasteiger partial charge on any atom is -0.392 e. The molecule has 2 unspecified atom stereocenters. The summed E-state index contributed by atoms with van der Waals surface area (Å²) in [5.41, 5.74) is 0.528. The van der Waals surface area contributed by atoms with Crippen molar-refractivity contribution >= 4 is 5.91 Å². The Morgan fingerprint density at radius 3 is 2.83 bits per heavy atom. The van der Waals surface area contributed by atoms with Crippen LogP contribution in [0.4, 0.5) is 4.39 Å². The molecule has 0 radical (unpaired) electrons. The SMILES string of the molecule is O=C(Cn1cnnn1)NCC1(Cc2ccc(F)cc2)CCCC1O. The highest BCUT2D eigenvalue weighted by Crippen LogP contribution is 2.40. The molecule has 7 nitrogen and oxygen atoms in total. The molecule has 0 bridgehead atoms. The van der Waals surface area contributed by atoms with Crippen LogP contribution in [0.2, 0.25) is 0 Å². The first-order valence-electron chi connectivity index (χ1n) is 7.97. The van der Waals surface area contributed by atoms with Gasteiger partial charge in [0.1, 0.15) is 18.7 Å². The van der Waals surface area contributed by atoms with Crippen LogP contribution in [0.3, 0.4) is 0 Å². The Labute approximate surface area is 138 Å². The zero-order chi connectivity index (χ0) is 17.0. The van der Waals surface area contributed by atoms with E-state index in [1.807, 2.05) is 0 Å². The highest BCUT2D eigenvalue weighted by Gasteiger charge is 2.42. The summed E-state index contributed by atoms with van der Waals surface area (Å²) in [5, 5.41) is 24.0. The van der Waals surface area contributed by atoms with Gasteiger partial charge in [0.05, 0.1) is 6.10 Å². The first kappa shape index (κ1) is 16.5. The fourth-order valence-electron chi connectivity index (χ4n) is 3.33. The van der Waals surface area contributed by atoms with Gasteiger partial charge in [-0.2, -0.15) is 0 Å². The number of aromatic nitrogens is 4. The van der Waals surface area contributed by atoms with Crippen molar-refractivity contribution in [3.05, 3.63) is 42.0 Å². The maximum atomic E-state index is 13.1. The summed E-state index contributed by atoms with van der Waals surface area (Å²) in [6, 6.07) is 6.29. The number of tetrazole rings is 1. The van der Waals surface area contributed by atoms with Crippen molar-refractivity contribution in [2.75, 3.05) is 6.54 Å². The van der Waals surface area contributed by atoms with Gasteiger partial charge in [-0.05, 0) is 47.4 Å². The van der Waals surface area contributed by atoms with E-state index in [9.17, 15) is 14.3 Å². The van der Waals surface area contributed by atoms with Crippen LogP contribution in [0.5, 0.6) is 0 Å². The number of benzene rings is 1. The molecule has 1 aromatic carbocycles. The number of halogens is 1. The predicted molar refractivity (Wildman–Crippen MR) is 83.2 cm³/mol. The molecule has 1 fully saturated rings. The standard InChI is InChI=1S/C16H20FN5O2/c17-13-5-3-12(4-6-13)8-16(7-1-2-14(16)23)10-18-15(24)9-22-11-19-20-21-22/h3-6,11,14,23H,1-2,7-10H2,(H,18,24). The monoisotopic (exact) mass is 333 g/mol. The average molecular weight is 333 g/mol. The van der Waals surface area contributed by atoms with Crippen LogP contribution >= 0.6 is 0 Å².